The quantitative estimate of drug-likeness (QED) is 0.362. The molecule has 1 aliphatic heterocycles. The molecular weight excluding hydrogens is 355 g/mol. The zero-order valence-electron chi connectivity index (χ0n) is 19.8. The number of aromatic nitrogens is 1. The van der Waals surface area contributed by atoms with Gasteiger partial charge in [-0.3, -0.25) is 4.81 Å². The molecule has 0 N–H and O–H groups in total. The lowest BCUT2D eigenvalue weighted by Gasteiger charge is -2.26. The number of hydrogen-bond acceptors (Lipinski definition) is 2. The van der Waals surface area contributed by atoms with E-state index in [1.807, 2.05) is 66.2 Å². The number of aryl methyl sites for hydroxylation is 2. The molecule has 3 nitrogen and oxygen atoms in total. The van der Waals surface area contributed by atoms with Crippen LogP contribution in [0.2, 0.25) is 6.82 Å². The Balaban J connectivity index is 1.70. The third-order valence-corrected chi connectivity index (χ3v) is 5.74. The Morgan fingerprint density at radius 1 is 1.07 bits per heavy atom. The Kier molecular flexibility index (Phi) is 3.38. The Hall–Kier alpha value is -3.27. The standard InChI is InChI=1S/C25H24BN2O/c1-17-16-27(4)24(15-21(17)19-10-6-5-7-11-19)28-18(2)14-22-20-12-8-9-13-23(20)29-25(22)26(28)3/h5-16H,1-4H3/q+1/i1D3. The van der Waals surface area contributed by atoms with E-state index in [0.29, 0.717) is 11.1 Å². The molecule has 0 fully saturated rings. The summed E-state index contributed by atoms with van der Waals surface area (Å²) < 4.78 is 32.4. The Bertz CT molecular complexity index is 1360. The maximum Gasteiger partial charge on any atom is 0.447 e. The van der Waals surface area contributed by atoms with Gasteiger partial charge in [0, 0.05) is 21.1 Å². The molecule has 0 spiro atoms. The minimum absolute atomic E-state index is 0.0455. The van der Waals surface area contributed by atoms with E-state index in [-0.39, 0.29) is 6.85 Å². The zero-order chi connectivity index (χ0) is 22.6. The largest absolute Gasteiger partial charge is 0.465 e. The summed E-state index contributed by atoms with van der Waals surface area (Å²) in [4.78, 5) is 2.21. The van der Waals surface area contributed by atoms with E-state index in [1.54, 1.807) is 6.20 Å². The Morgan fingerprint density at radius 3 is 2.62 bits per heavy atom. The van der Waals surface area contributed by atoms with Gasteiger partial charge in [-0.1, -0.05) is 48.5 Å². The summed E-state index contributed by atoms with van der Waals surface area (Å²) >= 11 is 0. The van der Waals surface area contributed by atoms with E-state index in [4.69, 9.17) is 8.53 Å². The molecule has 0 aliphatic carbocycles. The van der Waals surface area contributed by atoms with E-state index < -0.39 is 6.85 Å². The summed E-state index contributed by atoms with van der Waals surface area (Å²) in [6, 6.07) is 19.8. The minimum Gasteiger partial charge on any atom is -0.465 e. The fourth-order valence-electron chi connectivity index (χ4n) is 4.36. The summed E-state index contributed by atoms with van der Waals surface area (Å²) in [6.45, 7) is 1.94. The van der Waals surface area contributed by atoms with Gasteiger partial charge in [-0.25, -0.2) is 4.57 Å². The highest BCUT2D eigenvalue weighted by atomic mass is 16.3. The first-order valence-corrected chi connectivity index (χ1v) is 9.84. The molecule has 0 saturated heterocycles. The molecule has 0 unspecified atom stereocenters. The number of hydrogen-bond donors (Lipinski definition) is 0. The third-order valence-electron chi connectivity index (χ3n) is 5.74. The first-order valence-electron chi connectivity index (χ1n) is 11.3. The normalized spacial score (nSPS) is 15.6. The van der Waals surface area contributed by atoms with Crippen molar-refractivity contribution in [2.75, 3.05) is 4.81 Å². The predicted octanol–water partition coefficient (Wildman–Crippen LogP) is 4.94. The monoisotopic (exact) mass is 382 g/mol. The number of benzene rings is 2. The Labute approximate surface area is 176 Å². The average molecular weight is 382 g/mol. The first-order chi connectivity index (χ1) is 15.3. The molecule has 2 aromatic carbocycles. The lowest BCUT2D eigenvalue weighted by atomic mass is 9.57. The van der Waals surface area contributed by atoms with Gasteiger partial charge in [-0.15, -0.1) is 0 Å². The second-order valence-electron chi connectivity index (χ2n) is 7.64. The van der Waals surface area contributed by atoms with Crippen molar-refractivity contribution in [3.8, 4) is 11.1 Å². The van der Waals surface area contributed by atoms with Crippen molar-refractivity contribution in [2.24, 2.45) is 7.05 Å². The topological polar surface area (TPSA) is 20.3 Å². The van der Waals surface area contributed by atoms with E-state index in [1.165, 1.54) is 0 Å². The molecule has 0 radical (unpaired) electrons. The van der Waals surface area contributed by atoms with Crippen LogP contribution in [0.1, 0.15) is 22.2 Å². The van der Waals surface area contributed by atoms with Crippen molar-refractivity contribution in [3.63, 3.8) is 0 Å². The summed E-state index contributed by atoms with van der Waals surface area (Å²) in [5.41, 5.74) is 5.93. The molecule has 4 heteroatoms. The molecule has 0 bridgehead atoms. The molecular formula is C25H24BN2O+. The SMILES string of the molecule is [2H]C([2H])([2H])c1c[n+](C)c(N2B(C)c3oc4ccccc4c3C=C2C)cc1-c1ccccc1. The van der Waals surface area contributed by atoms with E-state index in [0.717, 1.165) is 39.3 Å². The van der Waals surface area contributed by atoms with Crippen molar-refractivity contribution < 1.29 is 13.1 Å². The summed E-state index contributed by atoms with van der Waals surface area (Å²) in [7, 11) is 1.90. The summed E-state index contributed by atoms with van der Waals surface area (Å²) in [6.07, 6.45) is 3.89. The predicted molar refractivity (Wildman–Crippen MR) is 121 cm³/mol. The number of anilines is 1. The highest BCUT2D eigenvalue weighted by Gasteiger charge is 2.40. The number of nitrogens with zero attached hydrogens (tertiary/aromatic N) is 2. The molecule has 4 aromatic rings. The molecule has 5 rings (SSSR count). The van der Waals surface area contributed by atoms with Crippen LogP contribution in [-0.2, 0) is 7.05 Å². The van der Waals surface area contributed by atoms with Gasteiger partial charge in [0.15, 0.2) is 0 Å². The fraction of sp³-hybridized carbons (Fsp3) is 0.160. The van der Waals surface area contributed by atoms with Gasteiger partial charge >= 0.3 is 6.85 Å². The van der Waals surface area contributed by atoms with Crippen LogP contribution in [0.3, 0.4) is 0 Å². The first kappa shape index (κ1) is 14.7. The van der Waals surface area contributed by atoms with Crippen LogP contribution in [0.5, 0.6) is 0 Å². The van der Waals surface area contributed by atoms with Crippen molar-refractivity contribution in [2.45, 2.75) is 20.6 Å². The van der Waals surface area contributed by atoms with Gasteiger partial charge in [0.2, 0.25) is 0 Å². The van der Waals surface area contributed by atoms with Gasteiger partial charge < -0.3 is 4.42 Å². The highest BCUT2D eigenvalue weighted by Crippen LogP contribution is 2.32. The molecule has 0 amide bonds. The number of para-hydroxylation sites is 1. The second-order valence-corrected chi connectivity index (χ2v) is 7.64. The van der Waals surface area contributed by atoms with Crippen LogP contribution in [0.15, 0.2) is 77.0 Å². The maximum atomic E-state index is 8.09. The van der Waals surface area contributed by atoms with Crippen molar-refractivity contribution in [1.29, 1.82) is 0 Å². The van der Waals surface area contributed by atoms with E-state index >= 15 is 0 Å². The van der Waals surface area contributed by atoms with Gasteiger partial charge in [-0.05, 0) is 49.4 Å². The molecule has 1 aliphatic rings. The number of allylic oxidation sites excluding steroid dienone is 1. The lowest BCUT2D eigenvalue weighted by Crippen LogP contribution is -2.52. The summed E-state index contributed by atoms with van der Waals surface area (Å²) in [5.74, 6) is 0.907. The molecule has 29 heavy (non-hydrogen) atoms. The van der Waals surface area contributed by atoms with E-state index in [9.17, 15) is 0 Å². The molecule has 0 saturated carbocycles. The smallest absolute Gasteiger partial charge is 0.447 e. The second kappa shape index (κ2) is 6.66. The fourth-order valence-corrected chi connectivity index (χ4v) is 4.36. The van der Waals surface area contributed by atoms with Gasteiger partial charge in [0.25, 0.3) is 5.82 Å². The number of pyridine rings is 1. The lowest BCUT2D eigenvalue weighted by molar-refractivity contribution is -0.658. The number of fused-ring (bicyclic) bond motifs is 3. The van der Waals surface area contributed by atoms with Crippen molar-refractivity contribution in [1.82, 2.24) is 0 Å². The average Bonchev–Trinajstić information content (AvgIpc) is 3.13. The van der Waals surface area contributed by atoms with Crippen LogP contribution < -0.4 is 15.0 Å². The van der Waals surface area contributed by atoms with Crippen molar-refractivity contribution in [3.05, 3.63) is 83.7 Å². The minimum atomic E-state index is -2.22. The molecule has 142 valence electrons. The van der Waals surface area contributed by atoms with E-state index in [2.05, 4.69) is 30.7 Å². The zero-order valence-corrected chi connectivity index (χ0v) is 16.8. The molecule has 2 aromatic heterocycles. The molecule has 3 heterocycles. The maximum absolute atomic E-state index is 8.09. The number of furan rings is 1. The van der Waals surface area contributed by atoms with Crippen LogP contribution >= 0.6 is 0 Å². The summed E-state index contributed by atoms with van der Waals surface area (Å²) in [5, 5.41) is 1.11. The highest BCUT2D eigenvalue weighted by molar-refractivity contribution is 6.76. The third kappa shape index (κ3) is 2.79. The molecule has 0 atom stereocenters. The van der Waals surface area contributed by atoms with Gasteiger partial charge in [0.1, 0.15) is 11.2 Å². The van der Waals surface area contributed by atoms with Crippen LogP contribution in [0.4, 0.5) is 5.82 Å². The van der Waals surface area contributed by atoms with Crippen LogP contribution in [0.25, 0.3) is 28.2 Å². The van der Waals surface area contributed by atoms with Gasteiger partial charge in [0.05, 0.1) is 18.9 Å². The van der Waals surface area contributed by atoms with Crippen LogP contribution in [0, 0.1) is 6.85 Å². The van der Waals surface area contributed by atoms with Crippen LogP contribution in [-0.4, -0.2) is 6.85 Å². The number of rotatable bonds is 2. The van der Waals surface area contributed by atoms with Crippen molar-refractivity contribution >= 4 is 35.4 Å². The Morgan fingerprint density at radius 2 is 1.83 bits per heavy atom. The van der Waals surface area contributed by atoms with Gasteiger partial charge in [-0.2, -0.15) is 0 Å².